The van der Waals surface area contributed by atoms with Crippen LogP contribution < -0.4 is 15.6 Å². The molecule has 2 fully saturated rings. The van der Waals surface area contributed by atoms with E-state index in [9.17, 15) is 19.1 Å². The van der Waals surface area contributed by atoms with E-state index >= 15 is 0 Å². The summed E-state index contributed by atoms with van der Waals surface area (Å²) in [6.07, 6.45) is 8.29. The van der Waals surface area contributed by atoms with E-state index in [2.05, 4.69) is 32.1 Å². The van der Waals surface area contributed by atoms with Crippen molar-refractivity contribution in [2.45, 2.75) is 25.3 Å². The van der Waals surface area contributed by atoms with E-state index in [1.54, 1.807) is 37.1 Å². The predicted molar refractivity (Wildman–Crippen MR) is 162 cm³/mol. The highest BCUT2D eigenvalue weighted by Gasteiger charge is 2.32. The fraction of sp³-hybridized carbons (Fsp3) is 0.355. The average Bonchev–Trinajstić information content (AvgIpc) is 3.63. The van der Waals surface area contributed by atoms with E-state index in [1.165, 1.54) is 31.2 Å². The number of aryl methyl sites for hydroxylation is 1. The van der Waals surface area contributed by atoms with Crippen molar-refractivity contribution in [3.05, 3.63) is 58.4 Å². The Balaban J connectivity index is 1.45. The summed E-state index contributed by atoms with van der Waals surface area (Å²) in [4.78, 5) is 42.5. The molecule has 1 aliphatic carbocycles. The van der Waals surface area contributed by atoms with E-state index in [4.69, 9.17) is 4.98 Å². The Morgan fingerprint density at radius 2 is 2.00 bits per heavy atom. The normalized spacial score (nSPS) is 17.3. The largest absolute Gasteiger partial charge is 0.477 e. The summed E-state index contributed by atoms with van der Waals surface area (Å²) >= 11 is 0. The lowest BCUT2D eigenvalue weighted by molar-refractivity contribution is 0.0695. The molecule has 42 heavy (non-hydrogen) atoms. The second kappa shape index (κ2) is 9.80. The highest BCUT2D eigenvalue weighted by atomic mass is 19.1. The van der Waals surface area contributed by atoms with Crippen molar-refractivity contribution in [1.29, 1.82) is 0 Å². The van der Waals surface area contributed by atoms with Gasteiger partial charge in [-0.1, -0.05) is 0 Å². The van der Waals surface area contributed by atoms with Crippen molar-refractivity contribution in [2.24, 2.45) is 13.0 Å². The third kappa shape index (κ3) is 4.27. The molecule has 1 atom stereocenters. The Hall–Kier alpha value is -4.51. The van der Waals surface area contributed by atoms with Gasteiger partial charge in [0.2, 0.25) is 5.43 Å². The topological polar surface area (TPSA) is 119 Å². The van der Waals surface area contributed by atoms with Gasteiger partial charge in [-0.3, -0.25) is 4.79 Å². The average molecular weight is 570 g/mol. The summed E-state index contributed by atoms with van der Waals surface area (Å²) in [6.45, 7) is 2.67. The van der Waals surface area contributed by atoms with Gasteiger partial charge < -0.3 is 29.8 Å². The van der Waals surface area contributed by atoms with Crippen LogP contribution in [0.2, 0.25) is 0 Å². The van der Waals surface area contributed by atoms with Crippen molar-refractivity contribution < 1.29 is 14.3 Å². The maximum Gasteiger partial charge on any atom is 0.341 e. The first-order chi connectivity index (χ1) is 20.2. The molecule has 3 N–H and O–H groups in total. The van der Waals surface area contributed by atoms with Crippen LogP contribution >= 0.6 is 0 Å². The number of halogens is 1. The van der Waals surface area contributed by atoms with Crippen LogP contribution in [0.15, 0.2) is 41.6 Å². The van der Waals surface area contributed by atoms with Crippen LogP contribution in [-0.4, -0.2) is 75.3 Å². The summed E-state index contributed by atoms with van der Waals surface area (Å²) in [5, 5.41) is 14.4. The fourth-order valence-corrected chi connectivity index (χ4v) is 6.57. The third-order valence-corrected chi connectivity index (χ3v) is 8.81. The Labute approximate surface area is 240 Å². The summed E-state index contributed by atoms with van der Waals surface area (Å²) in [6, 6.07) is 5.37. The number of benzene rings is 1. The zero-order chi connectivity index (χ0) is 29.3. The second-order valence-electron chi connectivity index (χ2n) is 11.6. The molecule has 7 rings (SSSR count). The minimum Gasteiger partial charge on any atom is -0.477 e. The number of carboxylic acids is 1. The van der Waals surface area contributed by atoms with Gasteiger partial charge in [0.1, 0.15) is 22.7 Å². The molecule has 5 aromatic rings. The number of nitrogens with one attached hydrogen (secondary N) is 2. The molecule has 10 nitrogen and oxygen atoms in total. The fourth-order valence-electron chi connectivity index (χ4n) is 6.57. The van der Waals surface area contributed by atoms with E-state index in [-0.39, 0.29) is 16.8 Å². The molecular formula is C31H32FN7O3. The smallest absolute Gasteiger partial charge is 0.341 e. The highest BCUT2D eigenvalue weighted by molar-refractivity contribution is 6.18. The number of H-pyrrole nitrogens is 1. The quantitative estimate of drug-likeness (QED) is 0.263. The number of carboxylic acid groups (broad SMARTS) is 1. The lowest BCUT2D eigenvalue weighted by Crippen LogP contribution is -2.30. The molecule has 0 radical (unpaired) electrons. The lowest BCUT2D eigenvalue weighted by atomic mass is 10.0. The molecule has 4 aromatic heterocycles. The minimum absolute atomic E-state index is 0.216. The number of pyridine rings is 3. The van der Waals surface area contributed by atoms with Crippen molar-refractivity contribution in [3.63, 3.8) is 0 Å². The van der Waals surface area contributed by atoms with E-state index in [0.29, 0.717) is 34.5 Å². The standard InChI is InChI=1S/C31H32FN7O3/c1-33-24-10-18(32)9-20-25-27(39-7-6-16(14-39)13-37(2)19-4-5-19)22(12-34-29(25)36-26(20)24)17-8-21-28(40)23(31(41)42)15-38(3)30(21)35-11-17/h8-12,15-16,19,33H,4-7,13-14H2,1-3H3,(H,34,36)(H,41,42). The van der Waals surface area contributed by atoms with Crippen LogP contribution in [0.25, 0.3) is 44.1 Å². The van der Waals surface area contributed by atoms with E-state index in [1.807, 2.05) is 0 Å². The molecule has 1 aromatic carbocycles. The van der Waals surface area contributed by atoms with Gasteiger partial charge in [-0.15, -0.1) is 0 Å². The number of rotatable bonds is 7. The minimum atomic E-state index is -1.29. The maximum atomic E-state index is 14.9. The predicted octanol–water partition coefficient (Wildman–Crippen LogP) is 4.43. The van der Waals surface area contributed by atoms with Crippen molar-refractivity contribution in [1.82, 2.24) is 24.4 Å². The van der Waals surface area contributed by atoms with Gasteiger partial charge in [-0.05, 0) is 50.4 Å². The SMILES string of the molecule is CNc1cc(F)cc2c1[nH]c1ncc(-c3cnc4c(c3)c(=O)c(C(=O)O)cn4C)c(N3CCC(CN(C)C4CC4)C3)c12. The number of aromatic nitrogens is 4. The van der Waals surface area contributed by atoms with Gasteiger partial charge in [0.25, 0.3) is 0 Å². The Bertz CT molecular complexity index is 1960. The summed E-state index contributed by atoms with van der Waals surface area (Å²) in [5.41, 5.74) is 3.84. The second-order valence-corrected chi connectivity index (χ2v) is 11.6. The molecule has 2 aliphatic rings. The van der Waals surface area contributed by atoms with Gasteiger partial charge in [0.05, 0.1) is 27.7 Å². The number of carbonyl (C=O) groups is 1. The molecule has 1 saturated carbocycles. The molecule has 0 spiro atoms. The van der Waals surface area contributed by atoms with Crippen molar-refractivity contribution in [3.8, 4) is 11.1 Å². The van der Waals surface area contributed by atoms with Crippen LogP contribution in [0.4, 0.5) is 15.8 Å². The Kier molecular flexibility index (Phi) is 6.16. The van der Waals surface area contributed by atoms with Gasteiger partial charge in [-0.2, -0.15) is 0 Å². The zero-order valence-electron chi connectivity index (χ0n) is 23.7. The zero-order valence-corrected chi connectivity index (χ0v) is 23.7. The van der Waals surface area contributed by atoms with Gasteiger partial charge in [-0.25, -0.2) is 19.2 Å². The number of fused-ring (bicyclic) bond motifs is 4. The molecule has 1 unspecified atom stereocenters. The molecule has 11 heteroatoms. The Morgan fingerprint density at radius 3 is 2.74 bits per heavy atom. The number of aromatic amines is 1. The van der Waals surface area contributed by atoms with Crippen LogP contribution in [-0.2, 0) is 7.05 Å². The molecule has 0 bridgehead atoms. The number of aromatic carboxylic acids is 1. The summed E-state index contributed by atoms with van der Waals surface area (Å²) < 4.78 is 16.4. The van der Waals surface area contributed by atoms with Gasteiger partial charge in [0.15, 0.2) is 0 Å². The first-order valence-electron chi connectivity index (χ1n) is 14.2. The number of anilines is 2. The molecule has 216 valence electrons. The lowest BCUT2D eigenvalue weighted by Gasteiger charge is -2.25. The van der Waals surface area contributed by atoms with Crippen LogP contribution in [0, 0.1) is 11.7 Å². The van der Waals surface area contributed by atoms with Crippen molar-refractivity contribution >= 4 is 50.3 Å². The first-order valence-corrected chi connectivity index (χ1v) is 14.2. The maximum absolute atomic E-state index is 14.9. The first kappa shape index (κ1) is 26.4. The molecule has 1 aliphatic heterocycles. The van der Waals surface area contributed by atoms with Gasteiger partial charge in [0, 0.05) is 74.9 Å². The van der Waals surface area contributed by atoms with E-state index < -0.39 is 11.4 Å². The van der Waals surface area contributed by atoms with Crippen molar-refractivity contribution in [2.75, 3.05) is 43.9 Å². The number of hydrogen-bond donors (Lipinski definition) is 3. The third-order valence-electron chi connectivity index (χ3n) is 8.81. The summed E-state index contributed by atoms with van der Waals surface area (Å²) in [5.74, 6) is -1.17. The monoisotopic (exact) mass is 569 g/mol. The van der Waals surface area contributed by atoms with E-state index in [0.717, 1.165) is 53.6 Å². The highest BCUT2D eigenvalue weighted by Crippen LogP contribution is 2.44. The number of nitrogens with zero attached hydrogens (tertiary/aromatic N) is 5. The molecule has 0 amide bonds. The summed E-state index contributed by atoms with van der Waals surface area (Å²) in [7, 11) is 5.63. The molecular weight excluding hydrogens is 537 g/mol. The van der Waals surface area contributed by atoms with Crippen LogP contribution in [0.3, 0.4) is 0 Å². The number of hydrogen-bond acceptors (Lipinski definition) is 7. The van der Waals surface area contributed by atoms with Crippen LogP contribution in [0.1, 0.15) is 29.6 Å². The Morgan fingerprint density at radius 1 is 1.19 bits per heavy atom. The molecule has 1 saturated heterocycles. The van der Waals surface area contributed by atoms with Crippen LogP contribution in [0.5, 0.6) is 0 Å². The van der Waals surface area contributed by atoms with Gasteiger partial charge >= 0.3 is 5.97 Å². The molecule has 5 heterocycles.